The third-order valence-corrected chi connectivity index (χ3v) is 6.14. The number of ether oxygens (including phenoxy) is 1. The molecule has 5 rings (SSSR count). The minimum absolute atomic E-state index is 0.0663. The summed E-state index contributed by atoms with van der Waals surface area (Å²) < 4.78 is 22.0. The van der Waals surface area contributed by atoms with Gasteiger partial charge in [-0.3, -0.25) is 4.79 Å². The summed E-state index contributed by atoms with van der Waals surface area (Å²) in [5, 5.41) is 1.51. The number of carbonyl (C=O) groups is 1. The number of fused-ring (bicyclic) bond motifs is 3. The lowest BCUT2D eigenvalue weighted by Gasteiger charge is -2.11. The highest BCUT2D eigenvalue weighted by Crippen LogP contribution is 2.35. The molecule has 0 atom stereocenters. The summed E-state index contributed by atoms with van der Waals surface area (Å²) in [6.07, 6.45) is 0. The molecule has 0 aliphatic carbocycles. The Morgan fingerprint density at radius 1 is 1.06 bits per heavy atom. The largest absolute Gasteiger partial charge is 0.497 e. The zero-order valence-electron chi connectivity index (χ0n) is 17.7. The van der Waals surface area contributed by atoms with Crippen molar-refractivity contribution in [2.45, 2.75) is 6.54 Å². The van der Waals surface area contributed by atoms with E-state index >= 15 is 0 Å². The highest BCUT2D eigenvalue weighted by atomic mass is 35.5. The molecule has 33 heavy (non-hydrogen) atoms. The molecule has 4 aromatic carbocycles. The summed E-state index contributed by atoms with van der Waals surface area (Å²) in [4.78, 5) is 12.2. The predicted octanol–water partition coefficient (Wildman–Crippen LogP) is 6.21. The predicted molar refractivity (Wildman–Crippen MR) is 129 cm³/mol. The first-order valence-corrected chi connectivity index (χ1v) is 10.7. The summed E-state index contributed by atoms with van der Waals surface area (Å²) in [5.41, 5.74) is 10.0. The van der Waals surface area contributed by atoms with Gasteiger partial charge in [-0.2, -0.15) is 0 Å². The van der Waals surface area contributed by atoms with Gasteiger partial charge in [-0.1, -0.05) is 41.9 Å². The van der Waals surface area contributed by atoms with Gasteiger partial charge in [0.2, 0.25) is 5.91 Å². The number of nitrogens with zero attached hydrogens (tertiary/aromatic N) is 1. The SMILES string of the molecule is COc1ccc(-c2c[c]c3c4c(C(N)=O)cccc4n(Cc4cccc(Cl)c4F)c3c2)cc1. The molecule has 0 saturated carbocycles. The van der Waals surface area contributed by atoms with E-state index in [4.69, 9.17) is 22.1 Å². The standard InChI is InChI=1S/C27H19ClFN2O2/c1-33-19-11-8-16(9-12-19)17-10-13-20-24(14-17)31(15-18-4-2-6-22(28)26(18)29)23-7-3-5-21(25(20)23)27(30)32/h2-12,14H,15H2,1H3,(H2,30,32). The summed E-state index contributed by atoms with van der Waals surface area (Å²) in [7, 11) is 1.62. The number of carbonyl (C=O) groups excluding carboxylic acids is 1. The highest BCUT2D eigenvalue weighted by molar-refractivity contribution is 6.30. The minimum Gasteiger partial charge on any atom is -0.497 e. The van der Waals surface area contributed by atoms with E-state index in [9.17, 15) is 9.18 Å². The van der Waals surface area contributed by atoms with Crippen LogP contribution in [0.1, 0.15) is 15.9 Å². The van der Waals surface area contributed by atoms with Crippen LogP contribution in [0.25, 0.3) is 32.9 Å². The molecule has 0 aliphatic heterocycles. The van der Waals surface area contributed by atoms with Gasteiger partial charge >= 0.3 is 0 Å². The number of rotatable bonds is 5. The van der Waals surface area contributed by atoms with Crippen LogP contribution in [0.5, 0.6) is 5.75 Å². The fourth-order valence-electron chi connectivity index (χ4n) is 4.22. The Labute approximate surface area is 195 Å². The molecule has 4 nitrogen and oxygen atoms in total. The van der Waals surface area contributed by atoms with E-state index in [1.54, 1.807) is 31.4 Å². The first kappa shape index (κ1) is 21.0. The molecule has 0 bridgehead atoms. The number of amides is 1. The second kappa shape index (κ2) is 8.26. The molecule has 1 amide bonds. The molecule has 1 heterocycles. The van der Waals surface area contributed by atoms with Crippen LogP contribution in [0, 0.1) is 11.9 Å². The van der Waals surface area contributed by atoms with Gasteiger partial charge in [-0.25, -0.2) is 4.39 Å². The number of aromatic nitrogens is 1. The van der Waals surface area contributed by atoms with E-state index in [1.807, 2.05) is 47.0 Å². The van der Waals surface area contributed by atoms with Crippen LogP contribution in [-0.4, -0.2) is 17.6 Å². The molecule has 5 aromatic rings. The Balaban J connectivity index is 1.78. The van der Waals surface area contributed by atoms with Crippen LogP contribution in [0.4, 0.5) is 4.39 Å². The second-order valence-corrected chi connectivity index (χ2v) is 8.15. The first-order valence-electron chi connectivity index (χ1n) is 10.3. The lowest BCUT2D eigenvalue weighted by atomic mass is 10.0. The fourth-order valence-corrected chi connectivity index (χ4v) is 4.42. The quantitative estimate of drug-likeness (QED) is 0.341. The van der Waals surface area contributed by atoms with E-state index in [2.05, 4.69) is 6.07 Å². The Bertz CT molecular complexity index is 1520. The minimum atomic E-state index is -0.527. The lowest BCUT2D eigenvalue weighted by Crippen LogP contribution is -2.11. The molecule has 2 N–H and O–H groups in total. The smallest absolute Gasteiger partial charge is 0.249 e. The van der Waals surface area contributed by atoms with Crippen LogP contribution >= 0.6 is 11.6 Å². The first-order chi connectivity index (χ1) is 16.0. The fraction of sp³-hybridized carbons (Fsp3) is 0.0741. The zero-order chi connectivity index (χ0) is 23.1. The average molecular weight is 458 g/mol. The van der Waals surface area contributed by atoms with Crippen LogP contribution in [0.15, 0.2) is 72.8 Å². The van der Waals surface area contributed by atoms with Crippen molar-refractivity contribution in [3.63, 3.8) is 0 Å². The molecule has 163 valence electrons. The van der Waals surface area contributed by atoms with Gasteiger partial charge in [0, 0.05) is 21.9 Å². The van der Waals surface area contributed by atoms with Crippen molar-refractivity contribution >= 4 is 39.3 Å². The van der Waals surface area contributed by atoms with Crippen LogP contribution < -0.4 is 10.5 Å². The van der Waals surface area contributed by atoms with Gasteiger partial charge in [0.15, 0.2) is 0 Å². The molecule has 1 radical (unpaired) electrons. The molecule has 0 saturated heterocycles. The van der Waals surface area contributed by atoms with Gasteiger partial charge in [0.25, 0.3) is 0 Å². The number of nitrogens with two attached hydrogens (primary N) is 1. The van der Waals surface area contributed by atoms with E-state index in [-0.39, 0.29) is 11.6 Å². The van der Waals surface area contributed by atoms with Crippen molar-refractivity contribution in [3.05, 3.63) is 101 Å². The Hall–Kier alpha value is -3.83. The van der Waals surface area contributed by atoms with Crippen LogP contribution in [-0.2, 0) is 6.54 Å². The number of primary amides is 1. The van der Waals surface area contributed by atoms with Gasteiger partial charge in [0.05, 0.1) is 29.7 Å². The second-order valence-electron chi connectivity index (χ2n) is 7.74. The maximum atomic E-state index is 14.8. The van der Waals surface area contributed by atoms with Crippen molar-refractivity contribution < 1.29 is 13.9 Å². The molecule has 0 unspecified atom stereocenters. The van der Waals surface area contributed by atoms with Crippen LogP contribution in [0.2, 0.25) is 5.02 Å². The van der Waals surface area contributed by atoms with Crippen molar-refractivity contribution in [3.8, 4) is 16.9 Å². The molecular formula is C27H19ClFN2O2. The van der Waals surface area contributed by atoms with Crippen molar-refractivity contribution in [1.82, 2.24) is 4.57 Å². The molecule has 1 aromatic heterocycles. The number of benzene rings is 4. The Morgan fingerprint density at radius 3 is 2.55 bits per heavy atom. The highest BCUT2D eigenvalue weighted by Gasteiger charge is 2.18. The van der Waals surface area contributed by atoms with E-state index < -0.39 is 11.7 Å². The number of hydrogen-bond acceptors (Lipinski definition) is 2. The average Bonchev–Trinajstić information content (AvgIpc) is 3.15. The van der Waals surface area contributed by atoms with Crippen molar-refractivity contribution in [1.29, 1.82) is 0 Å². The third kappa shape index (κ3) is 3.60. The summed E-state index contributed by atoms with van der Waals surface area (Å²) >= 11 is 6.03. The Kier molecular flexibility index (Phi) is 5.27. The van der Waals surface area contributed by atoms with Crippen LogP contribution in [0.3, 0.4) is 0 Å². The van der Waals surface area contributed by atoms with Gasteiger partial charge in [0.1, 0.15) is 11.6 Å². The number of hydrogen-bond donors (Lipinski definition) is 1. The topological polar surface area (TPSA) is 57.2 Å². The van der Waals surface area contributed by atoms with Gasteiger partial charge < -0.3 is 15.0 Å². The summed E-state index contributed by atoms with van der Waals surface area (Å²) in [6, 6.07) is 25.2. The zero-order valence-corrected chi connectivity index (χ0v) is 18.5. The summed E-state index contributed by atoms with van der Waals surface area (Å²) in [6.45, 7) is 0.231. The van der Waals surface area contributed by atoms with Gasteiger partial charge in [-0.05, 0) is 59.7 Å². The summed E-state index contributed by atoms with van der Waals surface area (Å²) in [5.74, 6) is -0.225. The maximum Gasteiger partial charge on any atom is 0.249 e. The number of methoxy groups -OCH3 is 1. The normalized spacial score (nSPS) is 11.2. The maximum absolute atomic E-state index is 14.8. The third-order valence-electron chi connectivity index (χ3n) is 5.84. The molecule has 0 aliphatic rings. The van der Waals surface area contributed by atoms with Crippen molar-refractivity contribution in [2.75, 3.05) is 7.11 Å². The molecular weight excluding hydrogens is 439 g/mol. The molecule has 0 spiro atoms. The van der Waals surface area contributed by atoms with E-state index in [0.29, 0.717) is 16.5 Å². The number of halogens is 2. The van der Waals surface area contributed by atoms with Crippen molar-refractivity contribution in [2.24, 2.45) is 5.73 Å². The molecule has 0 fully saturated rings. The molecule has 6 heteroatoms. The van der Waals surface area contributed by atoms with E-state index in [0.717, 1.165) is 33.3 Å². The van der Waals surface area contributed by atoms with Gasteiger partial charge in [-0.15, -0.1) is 0 Å². The lowest BCUT2D eigenvalue weighted by molar-refractivity contribution is 0.100. The van der Waals surface area contributed by atoms with E-state index in [1.165, 1.54) is 6.07 Å². The Morgan fingerprint density at radius 2 is 1.82 bits per heavy atom. The monoisotopic (exact) mass is 457 g/mol.